The first-order chi connectivity index (χ1) is 8.06. The van der Waals surface area contributed by atoms with Gasteiger partial charge in [0, 0.05) is 26.5 Å². The van der Waals surface area contributed by atoms with Crippen molar-refractivity contribution >= 4 is 23.3 Å². The average Bonchev–Trinajstić information content (AvgIpc) is 2.64. The van der Waals surface area contributed by atoms with Crippen molar-refractivity contribution in [1.82, 2.24) is 15.1 Å². The molecule has 1 atom stereocenters. The normalized spacial score (nSPS) is 12.4. The Hall–Kier alpha value is -1.27. The Kier molecular flexibility index (Phi) is 5.24. The highest BCUT2D eigenvalue weighted by atomic mass is 35.5. The van der Waals surface area contributed by atoms with Crippen LogP contribution in [-0.2, 0) is 9.53 Å². The van der Waals surface area contributed by atoms with Gasteiger partial charge in [-0.1, -0.05) is 11.6 Å². The van der Waals surface area contributed by atoms with Gasteiger partial charge in [0.1, 0.15) is 11.1 Å². The lowest BCUT2D eigenvalue weighted by Gasteiger charge is -2.12. The van der Waals surface area contributed by atoms with Crippen molar-refractivity contribution in [3.05, 3.63) is 11.2 Å². The molecular formula is C10H17ClN4O2. The summed E-state index contributed by atoms with van der Waals surface area (Å²) in [4.78, 5) is 11.7. The first-order valence-electron chi connectivity index (χ1n) is 5.33. The Balaban J connectivity index is 2.46. The lowest BCUT2D eigenvalue weighted by molar-refractivity contribution is -0.124. The lowest BCUT2D eigenvalue weighted by atomic mass is 10.3. The number of carbonyl (C=O) groups is 1. The van der Waals surface area contributed by atoms with Crippen molar-refractivity contribution in [1.29, 1.82) is 0 Å². The number of hydrogen-bond acceptors (Lipinski definition) is 4. The monoisotopic (exact) mass is 260 g/mol. The molecule has 1 amide bonds. The smallest absolute Gasteiger partial charge is 0.244 e. The van der Waals surface area contributed by atoms with Gasteiger partial charge in [-0.3, -0.25) is 9.48 Å². The molecule has 1 aromatic rings. The van der Waals surface area contributed by atoms with Crippen LogP contribution >= 0.6 is 11.6 Å². The third-order valence-corrected chi connectivity index (χ3v) is 2.61. The van der Waals surface area contributed by atoms with E-state index in [2.05, 4.69) is 10.4 Å². The summed E-state index contributed by atoms with van der Waals surface area (Å²) >= 11 is 5.77. The number of nitrogens with zero attached hydrogens (tertiary/aromatic N) is 2. The van der Waals surface area contributed by atoms with Crippen molar-refractivity contribution in [2.24, 2.45) is 0 Å². The van der Waals surface area contributed by atoms with E-state index in [4.69, 9.17) is 22.1 Å². The summed E-state index contributed by atoms with van der Waals surface area (Å²) in [6, 6.07) is -0.438. The maximum absolute atomic E-state index is 11.7. The summed E-state index contributed by atoms with van der Waals surface area (Å²) in [6.45, 7) is 2.92. The van der Waals surface area contributed by atoms with Gasteiger partial charge >= 0.3 is 0 Å². The van der Waals surface area contributed by atoms with Crippen LogP contribution in [0.2, 0.25) is 5.02 Å². The lowest BCUT2D eigenvalue weighted by Crippen LogP contribution is -2.32. The van der Waals surface area contributed by atoms with Gasteiger partial charge in [0.25, 0.3) is 0 Å². The van der Waals surface area contributed by atoms with Crippen LogP contribution in [0.3, 0.4) is 0 Å². The third kappa shape index (κ3) is 3.90. The number of anilines is 1. The van der Waals surface area contributed by atoms with Gasteiger partial charge in [0.15, 0.2) is 5.82 Å². The van der Waals surface area contributed by atoms with Crippen LogP contribution in [0.25, 0.3) is 0 Å². The highest BCUT2D eigenvalue weighted by Gasteiger charge is 2.16. The van der Waals surface area contributed by atoms with E-state index in [1.54, 1.807) is 14.0 Å². The summed E-state index contributed by atoms with van der Waals surface area (Å²) in [6.07, 6.45) is 2.31. The standard InChI is InChI=1S/C10H17ClN4O2/c1-7(10(16)13-4-3-5-17-2)15-6-8(11)9(12)14-15/h6-7H,3-5H2,1-2H3,(H2,12,14)(H,13,16). The van der Waals surface area contributed by atoms with Crippen LogP contribution in [0.5, 0.6) is 0 Å². The number of nitrogens with two attached hydrogens (primary N) is 1. The molecule has 1 rings (SSSR count). The molecule has 0 radical (unpaired) electrons. The Morgan fingerprint density at radius 2 is 2.47 bits per heavy atom. The maximum Gasteiger partial charge on any atom is 0.244 e. The van der Waals surface area contributed by atoms with Crippen LogP contribution < -0.4 is 11.1 Å². The number of ether oxygens (including phenoxy) is 1. The van der Waals surface area contributed by atoms with Gasteiger partial charge in [-0.25, -0.2) is 0 Å². The molecule has 0 aliphatic heterocycles. The van der Waals surface area contributed by atoms with Crippen LogP contribution in [-0.4, -0.2) is 35.9 Å². The first kappa shape index (κ1) is 13.8. The Labute approximate surface area is 105 Å². The molecule has 0 aromatic carbocycles. The molecular weight excluding hydrogens is 244 g/mol. The van der Waals surface area contributed by atoms with Crippen LogP contribution in [0.15, 0.2) is 6.20 Å². The number of rotatable bonds is 6. The molecule has 3 N–H and O–H groups in total. The van der Waals surface area contributed by atoms with Crippen LogP contribution in [0.4, 0.5) is 5.82 Å². The molecule has 1 heterocycles. The predicted molar refractivity (Wildman–Crippen MR) is 65.9 cm³/mol. The number of amides is 1. The van der Waals surface area contributed by atoms with E-state index in [1.165, 1.54) is 10.9 Å². The minimum absolute atomic E-state index is 0.125. The first-order valence-corrected chi connectivity index (χ1v) is 5.70. The van der Waals surface area contributed by atoms with E-state index in [1.807, 2.05) is 0 Å². The van der Waals surface area contributed by atoms with E-state index >= 15 is 0 Å². The molecule has 0 fully saturated rings. The Morgan fingerprint density at radius 1 is 1.76 bits per heavy atom. The van der Waals surface area contributed by atoms with Gasteiger partial charge in [-0.2, -0.15) is 5.10 Å². The van der Waals surface area contributed by atoms with Crippen molar-refractivity contribution in [3.8, 4) is 0 Å². The molecule has 17 heavy (non-hydrogen) atoms. The molecule has 7 heteroatoms. The van der Waals surface area contributed by atoms with Gasteiger partial charge < -0.3 is 15.8 Å². The van der Waals surface area contributed by atoms with E-state index in [0.717, 1.165) is 6.42 Å². The summed E-state index contributed by atoms with van der Waals surface area (Å²) < 4.78 is 6.33. The van der Waals surface area contributed by atoms with Crippen molar-refractivity contribution < 1.29 is 9.53 Å². The zero-order chi connectivity index (χ0) is 12.8. The number of aromatic nitrogens is 2. The minimum atomic E-state index is -0.438. The highest BCUT2D eigenvalue weighted by molar-refractivity contribution is 6.32. The van der Waals surface area contributed by atoms with Gasteiger partial charge in [0.2, 0.25) is 5.91 Å². The Morgan fingerprint density at radius 3 is 3.00 bits per heavy atom. The van der Waals surface area contributed by atoms with Crippen molar-refractivity contribution in [2.75, 3.05) is 26.0 Å². The van der Waals surface area contributed by atoms with E-state index in [9.17, 15) is 4.79 Å². The summed E-state index contributed by atoms with van der Waals surface area (Å²) in [5.74, 6) is 0.103. The number of halogens is 1. The molecule has 0 aliphatic rings. The molecule has 0 spiro atoms. The molecule has 1 aromatic heterocycles. The van der Waals surface area contributed by atoms with E-state index in [-0.39, 0.29) is 11.7 Å². The summed E-state index contributed by atoms with van der Waals surface area (Å²) in [5, 5.41) is 7.08. The SMILES string of the molecule is COCCCNC(=O)C(C)n1cc(Cl)c(N)n1. The molecule has 0 bridgehead atoms. The average molecular weight is 261 g/mol. The second kappa shape index (κ2) is 6.46. The largest absolute Gasteiger partial charge is 0.385 e. The van der Waals surface area contributed by atoms with E-state index in [0.29, 0.717) is 18.2 Å². The number of nitrogens with one attached hydrogen (secondary N) is 1. The fraction of sp³-hybridized carbons (Fsp3) is 0.600. The number of nitrogen functional groups attached to an aromatic ring is 1. The topological polar surface area (TPSA) is 82.2 Å². The third-order valence-electron chi connectivity index (χ3n) is 2.31. The molecule has 0 saturated carbocycles. The van der Waals surface area contributed by atoms with Crippen LogP contribution in [0, 0.1) is 0 Å². The zero-order valence-corrected chi connectivity index (χ0v) is 10.7. The summed E-state index contributed by atoms with van der Waals surface area (Å²) in [5.41, 5.74) is 5.51. The molecule has 6 nitrogen and oxygen atoms in total. The minimum Gasteiger partial charge on any atom is -0.385 e. The van der Waals surface area contributed by atoms with Crippen molar-refractivity contribution in [2.45, 2.75) is 19.4 Å². The fourth-order valence-electron chi connectivity index (χ4n) is 1.28. The fourth-order valence-corrected chi connectivity index (χ4v) is 1.42. The van der Waals surface area contributed by atoms with Crippen molar-refractivity contribution in [3.63, 3.8) is 0 Å². The Bertz CT molecular complexity index is 361. The highest BCUT2D eigenvalue weighted by Crippen LogP contribution is 2.18. The quantitative estimate of drug-likeness (QED) is 0.743. The molecule has 0 saturated heterocycles. The number of carbonyl (C=O) groups excluding carboxylic acids is 1. The maximum atomic E-state index is 11.7. The van der Waals surface area contributed by atoms with Gasteiger partial charge in [0.05, 0.1) is 0 Å². The molecule has 1 unspecified atom stereocenters. The number of hydrogen-bond donors (Lipinski definition) is 2. The number of methoxy groups -OCH3 is 1. The van der Waals surface area contributed by atoms with Gasteiger partial charge in [-0.05, 0) is 13.3 Å². The second-order valence-corrected chi connectivity index (χ2v) is 4.06. The van der Waals surface area contributed by atoms with Crippen LogP contribution in [0.1, 0.15) is 19.4 Å². The molecule has 0 aliphatic carbocycles. The predicted octanol–water partition coefficient (Wildman–Crippen LogP) is 0.832. The zero-order valence-electron chi connectivity index (χ0n) is 9.94. The van der Waals surface area contributed by atoms with Gasteiger partial charge in [-0.15, -0.1) is 0 Å². The molecule has 96 valence electrons. The van der Waals surface area contributed by atoms with E-state index < -0.39 is 6.04 Å². The summed E-state index contributed by atoms with van der Waals surface area (Å²) in [7, 11) is 1.62. The second-order valence-electron chi connectivity index (χ2n) is 3.66.